The molecular weight excluding hydrogens is 314 g/mol. The number of carbonyl (C=O) groups is 1. The lowest BCUT2D eigenvalue weighted by Gasteiger charge is -2.32. The highest BCUT2D eigenvalue weighted by atomic mass is 16.5. The number of piperidine rings is 1. The molecule has 1 N–H and O–H groups in total. The van der Waals surface area contributed by atoms with Crippen LogP contribution in [0.25, 0.3) is 0 Å². The van der Waals surface area contributed by atoms with Crippen molar-refractivity contribution < 1.29 is 9.53 Å². The fraction of sp³-hybridized carbons (Fsp3) is 0.650. The first-order chi connectivity index (χ1) is 12.3. The quantitative estimate of drug-likeness (QED) is 0.898. The van der Waals surface area contributed by atoms with Gasteiger partial charge in [-0.3, -0.25) is 0 Å². The minimum absolute atomic E-state index is 0.00817. The number of likely N-dealkylation sites (tertiary alicyclic amines) is 1. The number of nitrogens with one attached hydrogen (secondary N) is 1. The van der Waals surface area contributed by atoms with Crippen molar-refractivity contribution in [3.05, 3.63) is 24.3 Å². The summed E-state index contributed by atoms with van der Waals surface area (Å²) in [5, 5.41) is 3.09. The first-order valence-electron chi connectivity index (χ1n) is 9.66. The molecule has 2 aliphatic rings. The predicted molar refractivity (Wildman–Crippen MR) is 102 cm³/mol. The molecule has 0 aliphatic carbocycles. The van der Waals surface area contributed by atoms with Crippen molar-refractivity contribution in [3.8, 4) is 0 Å². The van der Waals surface area contributed by atoms with Crippen molar-refractivity contribution in [1.82, 2.24) is 4.90 Å². The molecular formula is C20H31N3O2. The Labute approximate surface area is 151 Å². The number of urea groups is 1. The first-order valence-corrected chi connectivity index (χ1v) is 9.66. The summed E-state index contributed by atoms with van der Waals surface area (Å²) in [6, 6.07) is 8.29. The molecule has 0 bridgehead atoms. The Bertz CT molecular complexity index is 554. The lowest BCUT2D eigenvalue weighted by atomic mass is 9.99. The molecule has 0 unspecified atom stereocenters. The molecule has 5 heteroatoms. The van der Waals surface area contributed by atoms with Crippen molar-refractivity contribution in [2.45, 2.75) is 38.5 Å². The van der Waals surface area contributed by atoms with Crippen molar-refractivity contribution in [1.29, 1.82) is 0 Å². The zero-order chi connectivity index (χ0) is 17.5. The summed E-state index contributed by atoms with van der Waals surface area (Å²) in [4.78, 5) is 17.0. The van der Waals surface area contributed by atoms with Crippen LogP contribution in [0.5, 0.6) is 0 Å². The number of carbonyl (C=O) groups excluding carboxylic acids is 1. The fourth-order valence-corrected chi connectivity index (χ4v) is 3.93. The lowest BCUT2D eigenvalue weighted by molar-refractivity contribution is 0.104. The van der Waals surface area contributed by atoms with Gasteiger partial charge >= 0.3 is 6.03 Å². The molecule has 0 saturated carbocycles. The van der Waals surface area contributed by atoms with E-state index in [-0.39, 0.29) is 6.03 Å². The summed E-state index contributed by atoms with van der Waals surface area (Å²) in [6.07, 6.45) is 7.35. The number of hydrogen-bond donors (Lipinski definition) is 1. The topological polar surface area (TPSA) is 44.8 Å². The predicted octanol–water partition coefficient (Wildman–Crippen LogP) is 3.96. The minimum Gasteiger partial charge on any atom is -0.384 e. The first kappa shape index (κ1) is 18.1. The second-order valence-corrected chi connectivity index (χ2v) is 7.29. The van der Waals surface area contributed by atoms with Crippen molar-refractivity contribution in [3.63, 3.8) is 0 Å². The Morgan fingerprint density at radius 3 is 2.72 bits per heavy atom. The summed E-state index contributed by atoms with van der Waals surface area (Å²) in [5.74, 6) is 0.452. The zero-order valence-corrected chi connectivity index (χ0v) is 15.4. The van der Waals surface area contributed by atoms with Crippen LogP contribution >= 0.6 is 0 Å². The van der Waals surface area contributed by atoms with Crippen LogP contribution in [0.4, 0.5) is 16.2 Å². The summed E-state index contributed by atoms with van der Waals surface area (Å²) >= 11 is 0. The Balaban J connectivity index is 1.60. The number of rotatable bonds is 4. The highest BCUT2D eigenvalue weighted by Gasteiger charge is 2.23. The second-order valence-electron chi connectivity index (χ2n) is 7.29. The van der Waals surface area contributed by atoms with Gasteiger partial charge in [-0.25, -0.2) is 4.79 Å². The third-order valence-corrected chi connectivity index (χ3v) is 5.28. The molecule has 138 valence electrons. The normalized spacial score (nSPS) is 21.7. The van der Waals surface area contributed by atoms with Crippen LogP contribution < -0.4 is 10.2 Å². The van der Waals surface area contributed by atoms with E-state index in [4.69, 9.17) is 4.74 Å². The molecule has 2 saturated heterocycles. The van der Waals surface area contributed by atoms with E-state index in [1.807, 2.05) is 17.0 Å². The smallest absolute Gasteiger partial charge is 0.321 e. The maximum absolute atomic E-state index is 12.6. The van der Waals surface area contributed by atoms with Crippen LogP contribution in [0.1, 0.15) is 38.5 Å². The molecule has 2 heterocycles. The molecule has 5 nitrogen and oxygen atoms in total. The van der Waals surface area contributed by atoms with E-state index in [0.29, 0.717) is 5.92 Å². The van der Waals surface area contributed by atoms with E-state index in [2.05, 4.69) is 22.3 Å². The maximum atomic E-state index is 12.6. The molecule has 1 atom stereocenters. The van der Waals surface area contributed by atoms with E-state index >= 15 is 0 Å². The van der Waals surface area contributed by atoms with Crippen LogP contribution in [0.15, 0.2) is 24.3 Å². The molecule has 0 spiro atoms. The van der Waals surface area contributed by atoms with Crippen LogP contribution in [0.2, 0.25) is 0 Å². The monoisotopic (exact) mass is 345 g/mol. The highest BCUT2D eigenvalue weighted by Crippen LogP contribution is 2.24. The Kier molecular flexibility index (Phi) is 6.56. The summed E-state index contributed by atoms with van der Waals surface area (Å²) in [7, 11) is 1.73. The van der Waals surface area contributed by atoms with E-state index < -0.39 is 0 Å². The molecule has 25 heavy (non-hydrogen) atoms. The van der Waals surface area contributed by atoms with Gasteiger partial charge in [0, 0.05) is 50.6 Å². The number of anilines is 2. The third kappa shape index (κ3) is 5.11. The number of ether oxygens (including phenoxy) is 1. The standard InChI is InChI=1S/C20H31N3O2/c1-25-16-17-8-7-13-23(15-17)20(24)21-18-9-6-10-19(14-18)22-11-4-2-3-5-12-22/h6,9-10,14,17H,2-5,7-8,11-13,15-16H2,1H3,(H,21,24)/t17-/m1/s1. The van der Waals surface area contributed by atoms with Crippen LogP contribution in [-0.2, 0) is 4.74 Å². The van der Waals surface area contributed by atoms with Gasteiger partial charge in [-0.05, 0) is 43.9 Å². The number of methoxy groups -OCH3 is 1. The van der Waals surface area contributed by atoms with Crippen molar-refractivity contribution >= 4 is 17.4 Å². The van der Waals surface area contributed by atoms with Gasteiger partial charge in [0.05, 0.1) is 6.61 Å². The molecule has 0 aromatic heterocycles. The van der Waals surface area contributed by atoms with Crippen LogP contribution in [-0.4, -0.2) is 50.8 Å². The molecule has 3 rings (SSSR count). The summed E-state index contributed by atoms with van der Waals surface area (Å²) in [5.41, 5.74) is 2.11. The van der Waals surface area contributed by atoms with Gasteiger partial charge in [-0.1, -0.05) is 18.9 Å². The average Bonchev–Trinajstić information content (AvgIpc) is 2.92. The third-order valence-electron chi connectivity index (χ3n) is 5.28. The molecule has 2 amide bonds. The SMILES string of the molecule is COC[C@@H]1CCCN(C(=O)Nc2cccc(N3CCCCCC3)c2)C1. The van der Waals surface area contributed by atoms with Gasteiger partial charge in [-0.2, -0.15) is 0 Å². The number of benzene rings is 1. The fourth-order valence-electron chi connectivity index (χ4n) is 3.93. The van der Waals surface area contributed by atoms with E-state index in [9.17, 15) is 4.79 Å². The van der Waals surface area contributed by atoms with Gasteiger partial charge in [0.2, 0.25) is 0 Å². The molecule has 1 aromatic carbocycles. The number of hydrogen-bond acceptors (Lipinski definition) is 3. The highest BCUT2D eigenvalue weighted by molar-refractivity contribution is 5.90. The van der Waals surface area contributed by atoms with E-state index in [1.165, 1.54) is 31.4 Å². The minimum atomic E-state index is 0.00817. The maximum Gasteiger partial charge on any atom is 0.321 e. The Morgan fingerprint density at radius 2 is 1.96 bits per heavy atom. The van der Waals surface area contributed by atoms with Crippen molar-refractivity contribution in [2.24, 2.45) is 5.92 Å². The molecule has 2 aliphatic heterocycles. The van der Waals surface area contributed by atoms with Gasteiger partial charge in [0.25, 0.3) is 0 Å². The van der Waals surface area contributed by atoms with Crippen LogP contribution in [0.3, 0.4) is 0 Å². The number of nitrogens with zero attached hydrogens (tertiary/aromatic N) is 2. The van der Waals surface area contributed by atoms with E-state index in [1.54, 1.807) is 7.11 Å². The molecule has 0 radical (unpaired) electrons. The largest absolute Gasteiger partial charge is 0.384 e. The Hall–Kier alpha value is -1.75. The van der Waals surface area contributed by atoms with Gasteiger partial charge in [0.15, 0.2) is 0 Å². The second kappa shape index (κ2) is 9.09. The molecule has 1 aromatic rings. The average molecular weight is 345 g/mol. The van der Waals surface area contributed by atoms with Crippen molar-refractivity contribution in [2.75, 3.05) is 50.1 Å². The van der Waals surface area contributed by atoms with E-state index in [0.717, 1.165) is 51.3 Å². The van der Waals surface area contributed by atoms with Gasteiger partial charge in [-0.15, -0.1) is 0 Å². The van der Waals surface area contributed by atoms with Crippen LogP contribution in [0, 0.1) is 5.92 Å². The Morgan fingerprint density at radius 1 is 1.16 bits per heavy atom. The lowest BCUT2D eigenvalue weighted by Crippen LogP contribution is -2.43. The number of amides is 2. The summed E-state index contributed by atoms with van der Waals surface area (Å²) in [6.45, 7) is 4.57. The molecule has 2 fully saturated rings. The zero-order valence-electron chi connectivity index (χ0n) is 15.4. The van der Waals surface area contributed by atoms with Gasteiger partial charge < -0.3 is 19.9 Å². The summed E-state index contributed by atoms with van der Waals surface area (Å²) < 4.78 is 5.26. The van der Waals surface area contributed by atoms with Gasteiger partial charge in [0.1, 0.15) is 0 Å².